The standard InChI is InChI=1S/C8H19NO/c1-8(2,3)5-4-6-10-7-9/h4-7,9H2,1-3H3. The van der Waals surface area contributed by atoms with E-state index in [0.29, 0.717) is 12.1 Å². The Morgan fingerprint density at radius 3 is 2.30 bits per heavy atom. The van der Waals surface area contributed by atoms with Crippen LogP contribution in [0.2, 0.25) is 0 Å². The van der Waals surface area contributed by atoms with Crippen LogP contribution in [0.4, 0.5) is 0 Å². The molecule has 0 aliphatic heterocycles. The zero-order chi connectivity index (χ0) is 8.04. The average Bonchev–Trinajstić information content (AvgIpc) is 1.78. The molecule has 0 radical (unpaired) electrons. The molecule has 2 heteroatoms. The molecule has 0 unspecified atom stereocenters. The van der Waals surface area contributed by atoms with Crippen molar-refractivity contribution in [1.29, 1.82) is 0 Å². The van der Waals surface area contributed by atoms with E-state index in [1.54, 1.807) is 0 Å². The van der Waals surface area contributed by atoms with Gasteiger partial charge in [0, 0.05) is 6.61 Å². The first-order chi connectivity index (χ1) is 4.56. The third-order valence-corrected chi connectivity index (χ3v) is 1.33. The molecule has 0 fully saturated rings. The van der Waals surface area contributed by atoms with Crippen LogP contribution in [0.5, 0.6) is 0 Å². The highest BCUT2D eigenvalue weighted by Crippen LogP contribution is 2.19. The van der Waals surface area contributed by atoms with E-state index in [1.165, 1.54) is 6.42 Å². The Hall–Kier alpha value is -0.0800. The molecule has 0 aromatic heterocycles. The molecule has 2 N–H and O–H groups in total. The lowest BCUT2D eigenvalue weighted by Gasteiger charge is -2.17. The van der Waals surface area contributed by atoms with Gasteiger partial charge in [-0.15, -0.1) is 0 Å². The summed E-state index contributed by atoms with van der Waals surface area (Å²) in [5.74, 6) is 0. The summed E-state index contributed by atoms with van der Waals surface area (Å²) in [5.41, 5.74) is 5.58. The third kappa shape index (κ3) is 7.92. The topological polar surface area (TPSA) is 35.2 Å². The van der Waals surface area contributed by atoms with E-state index in [1.807, 2.05) is 0 Å². The number of hydrogen-bond acceptors (Lipinski definition) is 2. The number of hydrogen-bond donors (Lipinski definition) is 1. The summed E-state index contributed by atoms with van der Waals surface area (Å²) < 4.78 is 5.01. The molecule has 0 aromatic carbocycles. The van der Waals surface area contributed by atoms with Gasteiger partial charge in [-0.2, -0.15) is 0 Å². The van der Waals surface area contributed by atoms with Crippen LogP contribution in [-0.4, -0.2) is 13.3 Å². The Balaban J connectivity index is 3.04. The van der Waals surface area contributed by atoms with Crippen molar-refractivity contribution in [3.8, 4) is 0 Å². The maximum absolute atomic E-state index is 5.16. The Labute approximate surface area is 63.7 Å². The van der Waals surface area contributed by atoms with E-state index in [9.17, 15) is 0 Å². The molecule has 0 bridgehead atoms. The normalized spacial score (nSPS) is 12.0. The number of nitrogens with two attached hydrogens (primary N) is 1. The summed E-state index contributed by atoms with van der Waals surface area (Å²) in [5, 5.41) is 0. The van der Waals surface area contributed by atoms with Crippen LogP contribution in [0.1, 0.15) is 33.6 Å². The van der Waals surface area contributed by atoms with Gasteiger partial charge in [-0.3, -0.25) is 0 Å². The van der Waals surface area contributed by atoms with Gasteiger partial charge < -0.3 is 10.5 Å². The molecule has 2 nitrogen and oxygen atoms in total. The first kappa shape index (κ1) is 9.92. The second-order valence-corrected chi connectivity index (χ2v) is 3.74. The number of ether oxygens (including phenoxy) is 1. The quantitative estimate of drug-likeness (QED) is 0.483. The van der Waals surface area contributed by atoms with Crippen LogP contribution in [0, 0.1) is 5.41 Å². The highest BCUT2D eigenvalue weighted by Gasteiger charge is 2.08. The van der Waals surface area contributed by atoms with Crippen LogP contribution >= 0.6 is 0 Å². The maximum atomic E-state index is 5.16. The lowest BCUT2D eigenvalue weighted by atomic mass is 9.91. The molecule has 0 saturated heterocycles. The van der Waals surface area contributed by atoms with E-state index in [-0.39, 0.29) is 0 Å². The fourth-order valence-electron chi connectivity index (χ4n) is 0.788. The molecule has 0 heterocycles. The second kappa shape index (κ2) is 4.69. The van der Waals surface area contributed by atoms with Crippen molar-refractivity contribution >= 4 is 0 Å². The Kier molecular flexibility index (Phi) is 4.65. The zero-order valence-electron chi connectivity index (χ0n) is 7.31. The van der Waals surface area contributed by atoms with Crippen molar-refractivity contribution in [1.82, 2.24) is 0 Å². The summed E-state index contributed by atoms with van der Waals surface area (Å²) in [7, 11) is 0. The molecule has 0 spiro atoms. The van der Waals surface area contributed by atoms with Crippen molar-refractivity contribution in [3.63, 3.8) is 0 Å². The molecule has 0 rings (SSSR count). The van der Waals surface area contributed by atoms with Crippen LogP contribution in [0.15, 0.2) is 0 Å². The molecule has 10 heavy (non-hydrogen) atoms. The van der Waals surface area contributed by atoms with Crippen molar-refractivity contribution in [2.45, 2.75) is 33.6 Å². The molecule has 0 amide bonds. The summed E-state index contributed by atoms with van der Waals surface area (Å²) >= 11 is 0. The van der Waals surface area contributed by atoms with Gasteiger partial charge in [0.2, 0.25) is 0 Å². The summed E-state index contributed by atoms with van der Waals surface area (Å²) in [6, 6.07) is 0. The monoisotopic (exact) mass is 145 g/mol. The fourth-order valence-corrected chi connectivity index (χ4v) is 0.788. The summed E-state index contributed by atoms with van der Waals surface area (Å²) in [6.45, 7) is 7.85. The minimum Gasteiger partial charge on any atom is -0.367 e. The highest BCUT2D eigenvalue weighted by molar-refractivity contribution is 4.60. The SMILES string of the molecule is CC(C)(C)CCCOCN. The van der Waals surface area contributed by atoms with Crippen molar-refractivity contribution in [3.05, 3.63) is 0 Å². The van der Waals surface area contributed by atoms with E-state index in [4.69, 9.17) is 10.5 Å². The van der Waals surface area contributed by atoms with Crippen LogP contribution in [0.25, 0.3) is 0 Å². The van der Waals surface area contributed by atoms with E-state index in [0.717, 1.165) is 13.0 Å². The molecule has 62 valence electrons. The van der Waals surface area contributed by atoms with E-state index >= 15 is 0 Å². The van der Waals surface area contributed by atoms with Gasteiger partial charge >= 0.3 is 0 Å². The minimum atomic E-state index is 0.351. The third-order valence-electron chi connectivity index (χ3n) is 1.33. The highest BCUT2D eigenvalue weighted by atomic mass is 16.5. The molecule has 0 saturated carbocycles. The van der Waals surface area contributed by atoms with E-state index in [2.05, 4.69) is 20.8 Å². The lowest BCUT2D eigenvalue weighted by Crippen LogP contribution is -2.09. The number of rotatable bonds is 4. The van der Waals surface area contributed by atoms with Gasteiger partial charge in [-0.05, 0) is 18.3 Å². The van der Waals surface area contributed by atoms with Gasteiger partial charge in [0.25, 0.3) is 0 Å². The van der Waals surface area contributed by atoms with Crippen molar-refractivity contribution in [2.24, 2.45) is 11.1 Å². The second-order valence-electron chi connectivity index (χ2n) is 3.74. The van der Waals surface area contributed by atoms with Crippen LogP contribution < -0.4 is 5.73 Å². The van der Waals surface area contributed by atoms with Gasteiger partial charge in [0.15, 0.2) is 0 Å². The minimum absolute atomic E-state index is 0.351. The predicted molar refractivity (Wildman–Crippen MR) is 43.7 cm³/mol. The zero-order valence-corrected chi connectivity index (χ0v) is 7.31. The predicted octanol–water partition coefficient (Wildman–Crippen LogP) is 1.75. The first-order valence-electron chi connectivity index (χ1n) is 3.84. The Bertz CT molecular complexity index is 75.8. The average molecular weight is 145 g/mol. The molecule has 0 aliphatic carbocycles. The van der Waals surface area contributed by atoms with Crippen LogP contribution in [0.3, 0.4) is 0 Å². The van der Waals surface area contributed by atoms with Gasteiger partial charge in [-0.1, -0.05) is 20.8 Å². The van der Waals surface area contributed by atoms with Crippen LogP contribution in [-0.2, 0) is 4.74 Å². The molecular weight excluding hydrogens is 126 g/mol. The summed E-state index contributed by atoms with van der Waals surface area (Å²) in [6.07, 6.45) is 2.31. The van der Waals surface area contributed by atoms with Gasteiger partial charge in [0.1, 0.15) is 0 Å². The van der Waals surface area contributed by atoms with Gasteiger partial charge in [-0.25, -0.2) is 0 Å². The van der Waals surface area contributed by atoms with Gasteiger partial charge in [0.05, 0.1) is 6.73 Å². The molecule has 0 atom stereocenters. The van der Waals surface area contributed by atoms with Crippen molar-refractivity contribution in [2.75, 3.05) is 13.3 Å². The maximum Gasteiger partial charge on any atom is 0.0940 e. The molecule has 0 aromatic rings. The lowest BCUT2D eigenvalue weighted by molar-refractivity contribution is 0.128. The molecule has 0 aliphatic rings. The smallest absolute Gasteiger partial charge is 0.0940 e. The Morgan fingerprint density at radius 2 is 1.90 bits per heavy atom. The fraction of sp³-hybridized carbons (Fsp3) is 1.00. The molecular formula is C8H19NO. The van der Waals surface area contributed by atoms with E-state index < -0.39 is 0 Å². The van der Waals surface area contributed by atoms with Crippen molar-refractivity contribution < 1.29 is 4.74 Å². The summed E-state index contributed by atoms with van der Waals surface area (Å²) in [4.78, 5) is 0. The Morgan fingerprint density at radius 1 is 1.30 bits per heavy atom. The first-order valence-corrected chi connectivity index (χ1v) is 3.84. The largest absolute Gasteiger partial charge is 0.367 e.